The standard InChI is InChI=1S/C15H17ClN2O.C5H10O2/c1-10(19)7-13(17)4-3-11-9-15-12(8-14(11)16)5-6-18(15)2;1-5(2,3)7-4-6/h5-9H,3-4,17H2,1-2H3;4H,1-3H3/b13-7-;. The lowest BCUT2D eigenvalue weighted by Gasteiger charge is -2.14. The van der Waals surface area contributed by atoms with E-state index in [1.807, 2.05) is 46.1 Å². The van der Waals surface area contributed by atoms with Crippen molar-refractivity contribution in [3.05, 3.63) is 46.8 Å². The number of aromatic nitrogens is 1. The first-order valence-corrected chi connectivity index (χ1v) is 8.73. The van der Waals surface area contributed by atoms with Gasteiger partial charge in [0.05, 0.1) is 0 Å². The molecule has 0 amide bonds. The number of nitrogens with two attached hydrogens (primary N) is 1. The fourth-order valence-corrected chi connectivity index (χ4v) is 2.55. The fourth-order valence-electron chi connectivity index (χ4n) is 2.28. The smallest absolute Gasteiger partial charge is 0.293 e. The van der Waals surface area contributed by atoms with Crippen LogP contribution in [-0.2, 0) is 27.8 Å². The highest BCUT2D eigenvalue weighted by molar-refractivity contribution is 6.32. The summed E-state index contributed by atoms with van der Waals surface area (Å²) in [6.07, 6.45) is 4.84. The maximum atomic E-state index is 10.9. The van der Waals surface area contributed by atoms with Gasteiger partial charge >= 0.3 is 0 Å². The van der Waals surface area contributed by atoms with Crippen LogP contribution >= 0.6 is 11.6 Å². The van der Waals surface area contributed by atoms with E-state index >= 15 is 0 Å². The van der Waals surface area contributed by atoms with E-state index in [2.05, 4.69) is 15.4 Å². The van der Waals surface area contributed by atoms with Gasteiger partial charge in [-0.1, -0.05) is 11.6 Å². The largest absolute Gasteiger partial charge is 0.462 e. The third kappa shape index (κ3) is 7.31. The van der Waals surface area contributed by atoms with Gasteiger partial charge in [0, 0.05) is 34.9 Å². The summed E-state index contributed by atoms with van der Waals surface area (Å²) in [5.41, 5.74) is 8.26. The van der Waals surface area contributed by atoms with Crippen molar-refractivity contribution in [1.29, 1.82) is 0 Å². The van der Waals surface area contributed by atoms with E-state index in [0.29, 0.717) is 18.6 Å². The second-order valence-corrected chi connectivity index (χ2v) is 7.49. The molecule has 0 fully saturated rings. The number of aryl methyl sites for hydroxylation is 2. The summed E-state index contributed by atoms with van der Waals surface area (Å²) >= 11 is 6.27. The first-order valence-electron chi connectivity index (χ1n) is 8.35. The number of allylic oxidation sites excluding steroid dienone is 2. The van der Waals surface area contributed by atoms with Crippen LogP contribution < -0.4 is 5.73 Å². The molecule has 0 spiro atoms. The molecule has 0 aliphatic carbocycles. The van der Waals surface area contributed by atoms with Crippen molar-refractivity contribution in [2.75, 3.05) is 0 Å². The van der Waals surface area contributed by atoms with Crippen molar-refractivity contribution in [2.45, 2.75) is 46.1 Å². The van der Waals surface area contributed by atoms with Gasteiger partial charge < -0.3 is 15.0 Å². The molecule has 1 aromatic heterocycles. The van der Waals surface area contributed by atoms with Crippen LogP contribution in [0.5, 0.6) is 0 Å². The Balaban J connectivity index is 0.000000412. The minimum absolute atomic E-state index is 0.0264. The molecule has 0 unspecified atom stereocenters. The number of fused-ring (bicyclic) bond motifs is 1. The Morgan fingerprint density at radius 2 is 2.00 bits per heavy atom. The van der Waals surface area contributed by atoms with Gasteiger partial charge in [0.25, 0.3) is 6.47 Å². The average molecular weight is 379 g/mol. The van der Waals surface area contributed by atoms with E-state index in [-0.39, 0.29) is 11.4 Å². The van der Waals surface area contributed by atoms with Gasteiger partial charge in [-0.3, -0.25) is 9.59 Å². The Kier molecular flexibility index (Phi) is 7.90. The van der Waals surface area contributed by atoms with Crippen LogP contribution in [0.3, 0.4) is 0 Å². The number of ketones is 1. The molecular weight excluding hydrogens is 352 g/mol. The molecule has 2 rings (SSSR count). The number of rotatable bonds is 5. The highest BCUT2D eigenvalue weighted by Gasteiger charge is 2.08. The summed E-state index contributed by atoms with van der Waals surface area (Å²) in [5.74, 6) is -0.0264. The topological polar surface area (TPSA) is 74.3 Å². The van der Waals surface area contributed by atoms with Gasteiger partial charge in [0.2, 0.25) is 0 Å². The Morgan fingerprint density at radius 1 is 1.35 bits per heavy atom. The lowest BCUT2D eigenvalue weighted by molar-refractivity contribution is -0.138. The molecule has 0 radical (unpaired) electrons. The minimum Gasteiger partial charge on any atom is -0.462 e. The van der Waals surface area contributed by atoms with Crippen LogP contribution in [0, 0.1) is 0 Å². The van der Waals surface area contributed by atoms with E-state index in [4.69, 9.17) is 17.3 Å². The number of hydrogen-bond donors (Lipinski definition) is 1. The van der Waals surface area contributed by atoms with Gasteiger partial charge in [-0.15, -0.1) is 0 Å². The number of ether oxygens (including phenoxy) is 1. The van der Waals surface area contributed by atoms with E-state index in [1.165, 1.54) is 13.0 Å². The number of carbonyl (C=O) groups is 2. The van der Waals surface area contributed by atoms with Crippen LogP contribution in [-0.4, -0.2) is 22.4 Å². The second kappa shape index (κ2) is 9.43. The molecule has 0 aliphatic rings. The van der Waals surface area contributed by atoms with E-state index in [9.17, 15) is 9.59 Å². The molecule has 142 valence electrons. The van der Waals surface area contributed by atoms with Gasteiger partial charge in [0.1, 0.15) is 5.60 Å². The molecule has 0 saturated carbocycles. The number of carbonyl (C=O) groups excluding carboxylic acids is 2. The molecule has 2 N–H and O–H groups in total. The van der Waals surface area contributed by atoms with E-state index < -0.39 is 0 Å². The van der Waals surface area contributed by atoms with Crippen molar-refractivity contribution in [1.82, 2.24) is 4.57 Å². The summed E-state index contributed by atoms with van der Waals surface area (Å²) in [5, 5.41) is 1.87. The fraction of sp³-hybridized carbons (Fsp3) is 0.400. The van der Waals surface area contributed by atoms with Crippen LogP contribution in [0.15, 0.2) is 36.2 Å². The van der Waals surface area contributed by atoms with E-state index in [1.54, 1.807) is 0 Å². The Morgan fingerprint density at radius 3 is 2.50 bits per heavy atom. The molecule has 0 saturated heterocycles. The molecule has 1 heterocycles. The average Bonchev–Trinajstić information content (AvgIpc) is 2.84. The Labute approximate surface area is 159 Å². The summed E-state index contributed by atoms with van der Waals surface area (Å²) in [6, 6.07) is 6.09. The molecule has 1 aromatic carbocycles. The maximum absolute atomic E-state index is 10.9. The molecule has 0 aliphatic heterocycles. The Bertz CT molecular complexity index is 801. The number of nitrogens with zero attached hydrogens (tertiary/aromatic N) is 1. The zero-order valence-electron chi connectivity index (χ0n) is 16.0. The van der Waals surface area contributed by atoms with Crippen molar-refractivity contribution >= 4 is 34.8 Å². The van der Waals surface area contributed by atoms with Gasteiger partial charge in [-0.2, -0.15) is 0 Å². The lowest BCUT2D eigenvalue weighted by Crippen LogP contribution is -2.17. The van der Waals surface area contributed by atoms with Crippen LogP contribution in [0.25, 0.3) is 10.9 Å². The summed E-state index contributed by atoms with van der Waals surface area (Å²) in [7, 11) is 2.00. The molecule has 2 aromatic rings. The first-order chi connectivity index (χ1) is 12.0. The zero-order valence-corrected chi connectivity index (χ0v) is 16.8. The monoisotopic (exact) mass is 378 g/mol. The van der Waals surface area contributed by atoms with Crippen LogP contribution in [0.4, 0.5) is 0 Å². The number of benzene rings is 1. The normalized spacial score (nSPS) is 11.7. The molecule has 0 bridgehead atoms. The van der Waals surface area contributed by atoms with Crippen LogP contribution in [0.2, 0.25) is 5.02 Å². The third-order valence-electron chi connectivity index (χ3n) is 3.53. The number of halogens is 1. The second-order valence-electron chi connectivity index (χ2n) is 7.09. The predicted octanol–water partition coefficient (Wildman–Crippen LogP) is 4.15. The molecule has 0 atom stereocenters. The van der Waals surface area contributed by atoms with Crippen molar-refractivity contribution < 1.29 is 14.3 Å². The summed E-state index contributed by atoms with van der Waals surface area (Å²) in [6.45, 7) is 7.42. The minimum atomic E-state index is -0.318. The highest BCUT2D eigenvalue weighted by Crippen LogP contribution is 2.26. The Hall–Kier alpha value is -2.27. The first kappa shape index (κ1) is 21.8. The molecular formula is C20H27ClN2O3. The summed E-state index contributed by atoms with van der Waals surface area (Å²) < 4.78 is 6.61. The summed E-state index contributed by atoms with van der Waals surface area (Å²) in [4.78, 5) is 20.5. The SMILES string of the molecule is CC(=O)/C=C(\N)CCc1cc2c(ccn2C)cc1Cl.CC(C)(C)OC=O. The van der Waals surface area contributed by atoms with Gasteiger partial charge in [-0.25, -0.2) is 0 Å². The van der Waals surface area contributed by atoms with Gasteiger partial charge in [0.15, 0.2) is 5.78 Å². The van der Waals surface area contributed by atoms with Crippen molar-refractivity contribution in [3.63, 3.8) is 0 Å². The maximum Gasteiger partial charge on any atom is 0.293 e. The molecule has 6 heteroatoms. The molecule has 5 nitrogen and oxygen atoms in total. The lowest BCUT2D eigenvalue weighted by atomic mass is 10.1. The zero-order chi connectivity index (χ0) is 19.9. The van der Waals surface area contributed by atoms with Gasteiger partial charge in [-0.05, 0) is 70.4 Å². The quantitative estimate of drug-likeness (QED) is 0.626. The highest BCUT2D eigenvalue weighted by atomic mass is 35.5. The van der Waals surface area contributed by atoms with Crippen LogP contribution in [0.1, 0.15) is 39.7 Å². The third-order valence-corrected chi connectivity index (χ3v) is 3.88. The van der Waals surface area contributed by atoms with E-state index in [0.717, 1.165) is 27.9 Å². The van der Waals surface area contributed by atoms with Crippen molar-refractivity contribution in [2.24, 2.45) is 12.8 Å². The molecule has 26 heavy (non-hydrogen) atoms. The van der Waals surface area contributed by atoms with Crippen molar-refractivity contribution in [3.8, 4) is 0 Å². The predicted molar refractivity (Wildman–Crippen MR) is 106 cm³/mol. The number of hydrogen-bond acceptors (Lipinski definition) is 4.